The Bertz CT molecular complexity index is 785. The molecule has 0 radical (unpaired) electrons. The Morgan fingerprint density at radius 1 is 1.08 bits per heavy atom. The molecule has 0 saturated heterocycles. The molecule has 0 spiro atoms. The van der Waals surface area contributed by atoms with E-state index in [0.717, 1.165) is 0 Å². The van der Waals surface area contributed by atoms with Gasteiger partial charge in [-0.05, 0) is 30.3 Å². The lowest BCUT2D eigenvalue weighted by molar-refractivity contribution is 0.104. The zero-order valence-electron chi connectivity index (χ0n) is 13.4. The van der Waals surface area contributed by atoms with Gasteiger partial charge in [0.1, 0.15) is 11.5 Å². The second-order valence-corrected chi connectivity index (χ2v) is 4.98. The van der Waals surface area contributed by atoms with Crippen LogP contribution in [0.25, 0.3) is 0 Å². The molecule has 0 bridgehead atoms. The number of rotatable bonds is 6. The Balaban J connectivity index is 1.71. The summed E-state index contributed by atoms with van der Waals surface area (Å²) < 4.78 is 21.0. The molecule has 124 valence electrons. The lowest BCUT2D eigenvalue weighted by Gasteiger charge is -2.09. The molecule has 0 aliphatic carbocycles. The minimum Gasteiger partial charge on any atom is -0.497 e. The number of carbonyl (C=O) groups excluding carboxylic acids is 1. The molecular formula is C18H17NO5. The van der Waals surface area contributed by atoms with E-state index in [1.807, 2.05) is 0 Å². The van der Waals surface area contributed by atoms with Crippen molar-refractivity contribution >= 4 is 11.5 Å². The molecule has 0 saturated carbocycles. The third-order valence-electron chi connectivity index (χ3n) is 3.54. The van der Waals surface area contributed by atoms with E-state index in [9.17, 15) is 4.79 Å². The standard InChI is InChI=1S/C18H17NO5/c1-21-13-4-6-16(22-2)14(10-13)19-8-7-15(20)12-3-5-17-18(9-12)24-11-23-17/h3-10,19H,11H2,1-2H3/b8-7+. The SMILES string of the molecule is COc1ccc(OC)c(N/C=C/C(=O)c2ccc3c(c2)OCO3)c1. The number of ether oxygens (including phenoxy) is 4. The number of nitrogens with one attached hydrogen (secondary N) is 1. The second kappa shape index (κ2) is 6.95. The molecule has 3 rings (SSSR count). The number of fused-ring (bicyclic) bond motifs is 1. The normalized spacial score (nSPS) is 12.2. The van der Waals surface area contributed by atoms with Gasteiger partial charge in [0.05, 0.1) is 19.9 Å². The molecule has 0 aromatic heterocycles. The first kappa shape index (κ1) is 15.7. The Labute approximate surface area is 139 Å². The van der Waals surface area contributed by atoms with Crippen molar-refractivity contribution in [2.24, 2.45) is 0 Å². The first-order valence-corrected chi connectivity index (χ1v) is 7.30. The van der Waals surface area contributed by atoms with Crippen molar-refractivity contribution in [3.63, 3.8) is 0 Å². The summed E-state index contributed by atoms with van der Waals surface area (Å²) in [6, 6.07) is 10.5. The molecule has 1 aliphatic rings. The van der Waals surface area contributed by atoms with Gasteiger partial charge in [0.15, 0.2) is 17.3 Å². The fourth-order valence-corrected chi connectivity index (χ4v) is 2.28. The van der Waals surface area contributed by atoms with Gasteiger partial charge in [-0.1, -0.05) is 0 Å². The molecule has 6 nitrogen and oxygen atoms in total. The summed E-state index contributed by atoms with van der Waals surface area (Å²) in [7, 11) is 3.17. The molecule has 0 atom stereocenters. The lowest BCUT2D eigenvalue weighted by atomic mass is 10.1. The van der Waals surface area contributed by atoms with E-state index in [1.165, 1.54) is 6.08 Å². The molecule has 1 N–H and O–H groups in total. The largest absolute Gasteiger partial charge is 0.497 e. The molecule has 2 aromatic rings. The zero-order chi connectivity index (χ0) is 16.9. The Hall–Kier alpha value is -3.15. The predicted octanol–water partition coefficient (Wildman–Crippen LogP) is 3.24. The molecular weight excluding hydrogens is 310 g/mol. The van der Waals surface area contributed by atoms with Gasteiger partial charge in [0.25, 0.3) is 0 Å². The Morgan fingerprint density at radius 3 is 2.71 bits per heavy atom. The number of anilines is 1. The van der Waals surface area contributed by atoms with Gasteiger partial charge in [-0.3, -0.25) is 4.79 Å². The van der Waals surface area contributed by atoms with E-state index in [-0.39, 0.29) is 12.6 Å². The molecule has 0 amide bonds. The maximum absolute atomic E-state index is 12.2. The van der Waals surface area contributed by atoms with Gasteiger partial charge in [-0.2, -0.15) is 0 Å². The summed E-state index contributed by atoms with van der Waals surface area (Å²) in [5.41, 5.74) is 1.22. The van der Waals surface area contributed by atoms with Gasteiger partial charge in [-0.15, -0.1) is 0 Å². The molecule has 24 heavy (non-hydrogen) atoms. The van der Waals surface area contributed by atoms with Crippen LogP contribution in [0, 0.1) is 0 Å². The van der Waals surface area contributed by atoms with Crippen LogP contribution in [0.2, 0.25) is 0 Å². The molecule has 1 aliphatic heterocycles. The van der Waals surface area contributed by atoms with Crippen molar-refractivity contribution in [3.05, 3.63) is 54.2 Å². The number of benzene rings is 2. The average molecular weight is 327 g/mol. The minimum atomic E-state index is -0.150. The van der Waals surface area contributed by atoms with Crippen LogP contribution < -0.4 is 24.3 Å². The smallest absolute Gasteiger partial charge is 0.231 e. The fraction of sp³-hybridized carbons (Fsp3) is 0.167. The second-order valence-electron chi connectivity index (χ2n) is 4.98. The van der Waals surface area contributed by atoms with Gasteiger partial charge in [0, 0.05) is 23.9 Å². The summed E-state index contributed by atoms with van der Waals surface area (Å²) in [6.45, 7) is 0.181. The number of hydrogen-bond acceptors (Lipinski definition) is 6. The summed E-state index contributed by atoms with van der Waals surface area (Å²) in [5, 5.41) is 3.03. The van der Waals surface area contributed by atoms with Gasteiger partial charge in [-0.25, -0.2) is 0 Å². The van der Waals surface area contributed by atoms with Crippen LogP contribution in [0.15, 0.2) is 48.7 Å². The van der Waals surface area contributed by atoms with Crippen LogP contribution in [0.1, 0.15) is 10.4 Å². The number of methoxy groups -OCH3 is 2. The van der Waals surface area contributed by atoms with Crippen molar-refractivity contribution < 1.29 is 23.7 Å². The molecule has 6 heteroatoms. The highest BCUT2D eigenvalue weighted by Gasteiger charge is 2.15. The zero-order valence-corrected chi connectivity index (χ0v) is 13.4. The van der Waals surface area contributed by atoms with Crippen LogP contribution >= 0.6 is 0 Å². The number of ketones is 1. The molecule has 2 aromatic carbocycles. The maximum atomic E-state index is 12.2. The van der Waals surface area contributed by atoms with E-state index < -0.39 is 0 Å². The average Bonchev–Trinajstić information content (AvgIpc) is 3.09. The van der Waals surface area contributed by atoms with Gasteiger partial charge in [0.2, 0.25) is 6.79 Å². The highest BCUT2D eigenvalue weighted by atomic mass is 16.7. The van der Waals surface area contributed by atoms with Crippen molar-refractivity contribution in [2.45, 2.75) is 0 Å². The van der Waals surface area contributed by atoms with Crippen LogP contribution in [0.5, 0.6) is 23.0 Å². The summed E-state index contributed by atoms with van der Waals surface area (Å²) in [4.78, 5) is 12.2. The van der Waals surface area contributed by atoms with E-state index in [1.54, 1.807) is 56.8 Å². The molecule has 1 heterocycles. The summed E-state index contributed by atoms with van der Waals surface area (Å²) in [5.74, 6) is 2.42. The van der Waals surface area contributed by atoms with Crippen molar-refractivity contribution in [3.8, 4) is 23.0 Å². The third-order valence-corrected chi connectivity index (χ3v) is 3.54. The molecule has 0 fully saturated rings. The quantitative estimate of drug-likeness (QED) is 0.649. The van der Waals surface area contributed by atoms with E-state index >= 15 is 0 Å². The van der Waals surface area contributed by atoms with E-state index in [2.05, 4.69) is 5.32 Å². The van der Waals surface area contributed by atoms with Gasteiger partial charge >= 0.3 is 0 Å². The first-order valence-electron chi connectivity index (χ1n) is 7.30. The Morgan fingerprint density at radius 2 is 1.92 bits per heavy atom. The predicted molar refractivity (Wildman–Crippen MR) is 89.2 cm³/mol. The fourth-order valence-electron chi connectivity index (χ4n) is 2.28. The summed E-state index contributed by atoms with van der Waals surface area (Å²) >= 11 is 0. The number of hydrogen-bond donors (Lipinski definition) is 1. The maximum Gasteiger partial charge on any atom is 0.231 e. The van der Waals surface area contributed by atoms with E-state index in [4.69, 9.17) is 18.9 Å². The Kier molecular flexibility index (Phi) is 4.56. The number of carbonyl (C=O) groups is 1. The van der Waals surface area contributed by atoms with Gasteiger partial charge < -0.3 is 24.3 Å². The highest BCUT2D eigenvalue weighted by molar-refractivity contribution is 6.05. The first-order chi connectivity index (χ1) is 11.7. The third kappa shape index (κ3) is 3.27. The van der Waals surface area contributed by atoms with Crippen LogP contribution in [-0.4, -0.2) is 26.8 Å². The van der Waals surface area contributed by atoms with Crippen molar-refractivity contribution in [2.75, 3.05) is 26.3 Å². The van der Waals surface area contributed by atoms with Crippen LogP contribution in [0.4, 0.5) is 5.69 Å². The lowest BCUT2D eigenvalue weighted by Crippen LogP contribution is -1.98. The van der Waals surface area contributed by atoms with Crippen LogP contribution in [-0.2, 0) is 0 Å². The van der Waals surface area contributed by atoms with Crippen molar-refractivity contribution in [1.29, 1.82) is 0 Å². The highest BCUT2D eigenvalue weighted by Crippen LogP contribution is 2.32. The minimum absolute atomic E-state index is 0.150. The molecule has 0 unspecified atom stereocenters. The van der Waals surface area contributed by atoms with E-state index in [0.29, 0.717) is 34.2 Å². The number of allylic oxidation sites excluding steroid dienone is 1. The van der Waals surface area contributed by atoms with Crippen molar-refractivity contribution in [1.82, 2.24) is 0 Å². The monoisotopic (exact) mass is 327 g/mol. The topological polar surface area (TPSA) is 66.0 Å². The van der Waals surface area contributed by atoms with Crippen LogP contribution in [0.3, 0.4) is 0 Å². The summed E-state index contributed by atoms with van der Waals surface area (Å²) in [6.07, 6.45) is 3.00.